The van der Waals surface area contributed by atoms with Gasteiger partial charge in [0.2, 0.25) is 5.60 Å². The van der Waals surface area contributed by atoms with Crippen LogP contribution in [0.2, 0.25) is 19.6 Å². The largest absolute Gasteiger partial charge is 0.391 e. The molecule has 1 aromatic rings. The highest BCUT2D eigenvalue weighted by molar-refractivity contribution is 6.69. The van der Waals surface area contributed by atoms with Crippen molar-refractivity contribution in [3.8, 4) is 17.9 Å². The van der Waals surface area contributed by atoms with Crippen molar-refractivity contribution in [2.24, 2.45) is 0 Å². The topological polar surface area (TPSA) is 33.0 Å². The Morgan fingerprint density at radius 1 is 1.18 bits per heavy atom. The molecule has 1 aromatic carbocycles. The normalized spacial score (nSPS) is 14.1. The quantitative estimate of drug-likeness (QED) is 0.590. The van der Waals surface area contributed by atoms with Crippen molar-refractivity contribution in [1.29, 1.82) is 5.26 Å². The Kier molecular flexibility index (Phi) is 4.12. The van der Waals surface area contributed by atoms with E-state index in [-0.39, 0.29) is 0 Å². The Morgan fingerprint density at radius 3 is 2.24 bits per heavy atom. The number of nitriles is 1. The van der Waals surface area contributed by atoms with Crippen LogP contribution in [0.1, 0.15) is 12.5 Å². The highest BCUT2D eigenvalue weighted by Gasteiger charge is 2.29. The molecule has 0 aromatic heterocycles. The van der Waals surface area contributed by atoms with E-state index in [4.69, 9.17) is 4.43 Å². The van der Waals surface area contributed by atoms with Crippen LogP contribution in [0.15, 0.2) is 30.3 Å². The Hall–Kier alpha value is -1.55. The zero-order valence-corrected chi connectivity index (χ0v) is 11.7. The minimum Gasteiger partial charge on any atom is -0.391 e. The molecule has 0 N–H and O–H groups in total. The maximum atomic E-state index is 9.17. The summed E-state index contributed by atoms with van der Waals surface area (Å²) in [6, 6.07) is 11.8. The van der Waals surface area contributed by atoms with Gasteiger partial charge in [-0.1, -0.05) is 24.1 Å². The van der Waals surface area contributed by atoms with E-state index in [0.29, 0.717) is 0 Å². The lowest BCUT2D eigenvalue weighted by atomic mass is 10.1. The van der Waals surface area contributed by atoms with Gasteiger partial charge in [-0.15, -0.1) is 0 Å². The first kappa shape index (κ1) is 13.5. The third-order valence-corrected chi connectivity index (χ3v) is 2.96. The summed E-state index contributed by atoms with van der Waals surface area (Å²) in [6.07, 6.45) is 0. The van der Waals surface area contributed by atoms with Gasteiger partial charge in [0, 0.05) is 5.56 Å². The second kappa shape index (κ2) is 5.18. The van der Waals surface area contributed by atoms with Crippen molar-refractivity contribution in [2.45, 2.75) is 32.2 Å². The Bertz CT molecular complexity index is 473. The summed E-state index contributed by atoms with van der Waals surface area (Å²) in [6.45, 7) is 7.87. The van der Waals surface area contributed by atoms with E-state index in [1.807, 2.05) is 50.0 Å². The summed E-state index contributed by atoms with van der Waals surface area (Å²) in [4.78, 5) is 0. The van der Waals surface area contributed by atoms with Crippen LogP contribution in [0.25, 0.3) is 0 Å². The predicted molar refractivity (Wildman–Crippen MR) is 71.8 cm³/mol. The first-order valence-corrected chi connectivity index (χ1v) is 8.95. The molecule has 0 fully saturated rings. The highest BCUT2D eigenvalue weighted by Crippen LogP contribution is 2.16. The molecule has 0 bridgehead atoms. The lowest BCUT2D eigenvalue weighted by Gasteiger charge is -2.25. The lowest BCUT2D eigenvalue weighted by Crippen LogP contribution is -2.38. The molecule has 0 radical (unpaired) electrons. The zero-order chi connectivity index (χ0) is 12.9. The van der Waals surface area contributed by atoms with E-state index in [1.54, 1.807) is 6.92 Å². The molecule has 0 aliphatic rings. The van der Waals surface area contributed by atoms with E-state index in [9.17, 15) is 5.26 Å². The van der Waals surface area contributed by atoms with E-state index >= 15 is 0 Å². The van der Waals surface area contributed by atoms with Crippen molar-refractivity contribution >= 4 is 8.32 Å². The van der Waals surface area contributed by atoms with Crippen LogP contribution in [-0.4, -0.2) is 13.9 Å². The molecular formula is C14H17NOSi. The van der Waals surface area contributed by atoms with Gasteiger partial charge in [-0.2, -0.15) is 5.26 Å². The molecule has 0 heterocycles. The van der Waals surface area contributed by atoms with Gasteiger partial charge in [0.1, 0.15) is 6.07 Å². The molecule has 0 saturated carbocycles. The molecule has 0 aliphatic heterocycles. The summed E-state index contributed by atoms with van der Waals surface area (Å²) < 4.78 is 5.80. The van der Waals surface area contributed by atoms with Crippen LogP contribution in [0, 0.1) is 23.2 Å². The fourth-order valence-corrected chi connectivity index (χ4v) is 2.72. The van der Waals surface area contributed by atoms with Crippen molar-refractivity contribution in [3.63, 3.8) is 0 Å². The number of benzene rings is 1. The van der Waals surface area contributed by atoms with Gasteiger partial charge >= 0.3 is 0 Å². The predicted octanol–water partition coefficient (Wildman–Crippen LogP) is 3.17. The van der Waals surface area contributed by atoms with Crippen molar-refractivity contribution in [3.05, 3.63) is 35.9 Å². The molecule has 0 saturated heterocycles. The third kappa shape index (κ3) is 4.87. The molecule has 0 aliphatic carbocycles. The maximum absolute atomic E-state index is 9.17. The molecule has 2 nitrogen and oxygen atoms in total. The monoisotopic (exact) mass is 243 g/mol. The first-order valence-electron chi connectivity index (χ1n) is 5.54. The van der Waals surface area contributed by atoms with Crippen LogP contribution in [0.5, 0.6) is 0 Å². The summed E-state index contributed by atoms with van der Waals surface area (Å²) in [7, 11) is -1.78. The summed E-state index contributed by atoms with van der Waals surface area (Å²) in [5.41, 5.74) is -0.117. The van der Waals surface area contributed by atoms with Gasteiger partial charge in [0.05, 0.1) is 0 Å². The Labute approximate surface area is 104 Å². The van der Waals surface area contributed by atoms with Crippen molar-refractivity contribution < 1.29 is 4.43 Å². The average molecular weight is 243 g/mol. The summed E-state index contributed by atoms with van der Waals surface area (Å²) in [5, 5.41) is 9.17. The molecule has 0 spiro atoms. The molecule has 0 amide bonds. The van der Waals surface area contributed by atoms with Gasteiger partial charge < -0.3 is 4.43 Å². The third-order valence-electron chi connectivity index (χ3n) is 1.94. The van der Waals surface area contributed by atoms with Gasteiger partial charge in [-0.05, 0) is 44.6 Å². The summed E-state index contributed by atoms with van der Waals surface area (Å²) in [5.74, 6) is 5.90. The number of rotatable bonds is 2. The Balaban J connectivity index is 2.92. The van der Waals surface area contributed by atoms with Crippen LogP contribution < -0.4 is 0 Å². The standard InChI is InChI=1S/C14H17NOSi/c1-14(12-15,16-17(2,3)4)11-10-13-8-6-5-7-9-13/h5-9H,1-4H3/t14-/m0/s1. The van der Waals surface area contributed by atoms with Gasteiger partial charge in [-0.25, -0.2) is 0 Å². The minimum atomic E-state index is -1.78. The van der Waals surface area contributed by atoms with Crippen molar-refractivity contribution in [2.75, 3.05) is 0 Å². The fraction of sp³-hybridized carbons (Fsp3) is 0.357. The van der Waals surface area contributed by atoms with Crippen LogP contribution >= 0.6 is 0 Å². The van der Waals surface area contributed by atoms with E-state index < -0.39 is 13.9 Å². The number of hydrogen-bond acceptors (Lipinski definition) is 2. The minimum absolute atomic E-state index is 0.896. The van der Waals surface area contributed by atoms with Crippen molar-refractivity contribution in [1.82, 2.24) is 0 Å². The molecule has 0 unspecified atom stereocenters. The number of nitrogens with zero attached hydrogens (tertiary/aromatic N) is 1. The first-order chi connectivity index (χ1) is 7.85. The smallest absolute Gasteiger partial charge is 0.204 e. The highest BCUT2D eigenvalue weighted by atomic mass is 28.4. The molecule has 3 heteroatoms. The molecule has 17 heavy (non-hydrogen) atoms. The number of hydrogen-bond donors (Lipinski definition) is 0. The van der Waals surface area contributed by atoms with Crippen LogP contribution in [0.3, 0.4) is 0 Å². The van der Waals surface area contributed by atoms with E-state index in [2.05, 4.69) is 17.9 Å². The van der Waals surface area contributed by atoms with E-state index in [1.165, 1.54) is 0 Å². The second-order valence-corrected chi connectivity index (χ2v) is 9.40. The second-order valence-electron chi connectivity index (χ2n) is 4.98. The van der Waals surface area contributed by atoms with Gasteiger partial charge in [0.25, 0.3) is 0 Å². The zero-order valence-electron chi connectivity index (χ0n) is 10.7. The van der Waals surface area contributed by atoms with Crippen LogP contribution in [0.4, 0.5) is 0 Å². The molecule has 1 rings (SSSR count). The van der Waals surface area contributed by atoms with Gasteiger partial charge in [-0.3, -0.25) is 0 Å². The molecule has 1 atom stereocenters. The van der Waals surface area contributed by atoms with Gasteiger partial charge in [0.15, 0.2) is 8.32 Å². The maximum Gasteiger partial charge on any atom is 0.204 e. The SMILES string of the molecule is C[C@@](C#N)(C#Cc1ccccc1)O[Si](C)(C)C. The average Bonchev–Trinajstić information content (AvgIpc) is 2.26. The van der Waals surface area contributed by atoms with E-state index in [0.717, 1.165) is 5.56 Å². The fourth-order valence-electron chi connectivity index (χ4n) is 1.40. The Morgan fingerprint density at radius 2 is 1.76 bits per heavy atom. The summed E-state index contributed by atoms with van der Waals surface area (Å²) >= 11 is 0. The molecule has 88 valence electrons. The van der Waals surface area contributed by atoms with Crippen LogP contribution in [-0.2, 0) is 4.43 Å². The molecular weight excluding hydrogens is 226 g/mol. The lowest BCUT2D eigenvalue weighted by molar-refractivity contribution is 0.202.